The van der Waals surface area contributed by atoms with Gasteiger partial charge in [0.2, 0.25) is 0 Å². The van der Waals surface area contributed by atoms with Crippen LogP contribution in [-0.4, -0.2) is 34.5 Å². The Bertz CT molecular complexity index is 1040. The standard InChI is InChI=1S/C23H24ClF2N3O3/c1-14-12-22(29-21(31)19-10-15(25)4-9-27-19)5-7-23(14,8-6-22)28-20(30)13-32-16-2-3-17(24)18(26)11-16/h2-4,9-11,14H,5-8,12-13H2,1H3,(H,28,30)(H,29,31). The second-order valence-corrected chi connectivity index (χ2v) is 9.18. The van der Waals surface area contributed by atoms with E-state index in [-0.39, 0.29) is 40.4 Å². The first-order valence-corrected chi connectivity index (χ1v) is 10.9. The first-order chi connectivity index (χ1) is 15.2. The van der Waals surface area contributed by atoms with Gasteiger partial charge in [-0.05, 0) is 56.2 Å². The second-order valence-electron chi connectivity index (χ2n) is 8.77. The molecule has 1 unspecified atom stereocenters. The van der Waals surface area contributed by atoms with Gasteiger partial charge in [-0.3, -0.25) is 14.6 Å². The number of nitrogens with zero attached hydrogens (tertiary/aromatic N) is 1. The van der Waals surface area contributed by atoms with Crippen molar-refractivity contribution in [2.75, 3.05) is 6.61 Å². The molecule has 2 N–H and O–H groups in total. The summed E-state index contributed by atoms with van der Waals surface area (Å²) in [4.78, 5) is 29.1. The van der Waals surface area contributed by atoms with Crippen LogP contribution in [0.5, 0.6) is 5.75 Å². The normalized spacial score (nSPS) is 26.4. The molecule has 0 aliphatic heterocycles. The van der Waals surface area contributed by atoms with Crippen molar-refractivity contribution in [2.45, 2.75) is 50.1 Å². The maximum absolute atomic E-state index is 13.5. The van der Waals surface area contributed by atoms with Gasteiger partial charge in [-0.15, -0.1) is 0 Å². The molecule has 1 aromatic heterocycles. The van der Waals surface area contributed by atoms with Gasteiger partial charge in [-0.25, -0.2) is 8.78 Å². The molecule has 0 saturated heterocycles. The van der Waals surface area contributed by atoms with E-state index in [2.05, 4.69) is 22.5 Å². The van der Waals surface area contributed by atoms with Gasteiger partial charge in [0.15, 0.2) is 6.61 Å². The Morgan fingerprint density at radius 1 is 1.16 bits per heavy atom. The molecule has 1 heterocycles. The van der Waals surface area contributed by atoms with E-state index < -0.39 is 23.1 Å². The summed E-state index contributed by atoms with van der Waals surface area (Å²) in [6, 6.07) is 6.34. The predicted octanol–water partition coefficient (Wildman–Crippen LogP) is 4.03. The third-order valence-electron chi connectivity index (χ3n) is 6.72. The molecular weight excluding hydrogens is 440 g/mol. The first kappa shape index (κ1) is 22.5. The summed E-state index contributed by atoms with van der Waals surface area (Å²) in [7, 11) is 0. The lowest BCUT2D eigenvalue weighted by Crippen LogP contribution is -2.67. The molecule has 3 saturated carbocycles. The van der Waals surface area contributed by atoms with Gasteiger partial charge < -0.3 is 15.4 Å². The lowest BCUT2D eigenvalue weighted by molar-refractivity contribution is -0.128. The minimum atomic E-state index is -0.608. The Morgan fingerprint density at radius 3 is 2.56 bits per heavy atom. The number of hydrogen-bond donors (Lipinski definition) is 2. The molecular formula is C23H24ClF2N3O3. The number of halogens is 3. The maximum Gasteiger partial charge on any atom is 0.270 e. The van der Waals surface area contributed by atoms with Crippen LogP contribution in [0.1, 0.15) is 49.5 Å². The average molecular weight is 464 g/mol. The summed E-state index contributed by atoms with van der Waals surface area (Å²) in [5, 5.41) is 6.17. The van der Waals surface area contributed by atoms with E-state index >= 15 is 0 Å². The van der Waals surface area contributed by atoms with Crippen molar-refractivity contribution in [1.29, 1.82) is 0 Å². The van der Waals surface area contributed by atoms with Gasteiger partial charge in [-0.2, -0.15) is 0 Å². The van der Waals surface area contributed by atoms with Gasteiger partial charge in [0.05, 0.1) is 5.02 Å². The number of hydrogen-bond acceptors (Lipinski definition) is 4. The maximum atomic E-state index is 13.5. The van der Waals surface area contributed by atoms with Crippen LogP contribution in [-0.2, 0) is 4.79 Å². The molecule has 170 valence electrons. The fourth-order valence-electron chi connectivity index (χ4n) is 4.94. The predicted molar refractivity (Wildman–Crippen MR) is 114 cm³/mol. The largest absolute Gasteiger partial charge is 0.484 e. The average Bonchev–Trinajstić information content (AvgIpc) is 2.76. The zero-order chi connectivity index (χ0) is 22.9. The summed E-state index contributed by atoms with van der Waals surface area (Å²) in [5.41, 5.74) is -0.720. The summed E-state index contributed by atoms with van der Waals surface area (Å²) in [6.45, 7) is 1.82. The third-order valence-corrected chi connectivity index (χ3v) is 7.03. The molecule has 0 spiro atoms. The lowest BCUT2D eigenvalue weighted by atomic mass is 9.56. The van der Waals surface area contributed by atoms with Crippen molar-refractivity contribution >= 4 is 23.4 Å². The Labute approximate surface area is 189 Å². The van der Waals surface area contributed by atoms with Crippen molar-refractivity contribution in [3.05, 3.63) is 58.9 Å². The molecule has 3 aliphatic rings. The molecule has 6 nitrogen and oxygen atoms in total. The minimum Gasteiger partial charge on any atom is -0.484 e. The Balaban J connectivity index is 1.35. The number of amides is 2. The number of carbonyl (C=O) groups is 2. The van der Waals surface area contributed by atoms with Crippen LogP contribution >= 0.6 is 11.6 Å². The van der Waals surface area contributed by atoms with Crippen molar-refractivity contribution in [1.82, 2.24) is 15.6 Å². The van der Waals surface area contributed by atoms with Gasteiger partial charge >= 0.3 is 0 Å². The molecule has 9 heteroatoms. The van der Waals surface area contributed by atoms with Gasteiger partial charge in [-0.1, -0.05) is 18.5 Å². The highest BCUT2D eigenvalue weighted by Crippen LogP contribution is 2.50. The van der Waals surface area contributed by atoms with E-state index in [0.29, 0.717) is 32.1 Å². The topological polar surface area (TPSA) is 80.3 Å². The van der Waals surface area contributed by atoms with Gasteiger partial charge in [0.25, 0.3) is 11.8 Å². The van der Waals surface area contributed by atoms with Crippen molar-refractivity contribution in [2.24, 2.45) is 5.92 Å². The summed E-state index contributed by atoms with van der Waals surface area (Å²) in [5.74, 6) is -1.44. The van der Waals surface area contributed by atoms with E-state index in [0.717, 1.165) is 12.1 Å². The molecule has 2 bridgehead atoms. The third kappa shape index (κ3) is 4.55. The highest BCUT2D eigenvalue weighted by atomic mass is 35.5. The SMILES string of the molecule is CC1CC2(NC(=O)c3cc(F)ccn3)CCC1(NC(=O)COc1ccc(Cl)c(F)c1)CC2. The summed E-state index contributed by atoms with van der Waals surface area (Å²) in [6.07, 6.45) is 4.76. The quantitative estimate of drug-likeness (QED) is 0.677. The molecule has 2 aromatic rings. The van der Waals surface area contributed by atoms with Crippen molar-refractivity contribution in [3.8, 4) is 5.75 Å². The second kappa shape index (κ2) is 8.65. The Hall–Kier alpha value is -2.74. The van der Waals surface area contributed by atoms with Crippen LogP contribution in [0.25, 0.3) is 0 Å². The fourth-order valence-corrected chi connectivity index (χ4v) is 5.06. The molecule has 5 rings (SSSR count). The van der Waals surface area contributed by atoms with Gasteiger partial charge in [0.1, 0.15) is 23.1 Å². The number of benzene rings is 1. The number of ether oxygens (including phenoxy) is 1. The van der Waals surface area contributed by atoms with E-state index in [4.69, 9.17) is 16.3 Å². The molecule has 2 amide bonds. The molecule has 1 atom stereocenters. The first-order valence-electron chi connectivity index (χ1n) is 10.5. The number of pyridine rings is 1. The smallest absolute Gasteiger partial charge is 0.270 e. The number of rotatable bonds is 6. The Morgan fingerprint density at radius 2 is 1.91 bits per heavy atom. The van der Waals surface area contributed by atoms with Crippen molar-refractivity contribution in [3.63, 3.8) is 0 Å². The lowest BCUT2D eigenvalue weighted by Gasteiger charge is -2.57. The number of nitrogens with one attached hydrogen (secondary N) is 2. The molecule has 3 aliphatic carbocycles. The molecule has 0 radical (unpaired) electrons. The summed E-state index contributed by atoms with van der Waals surface area (Å²) >= 11 is 5.66. The molecule has 32 heavy (non-hydrogen) atoms. The van der Waals surface area contributed by atoms with Crippen LogP contribution in [0.15, 0.2) is 36.5 Å². The number of fused-ring (bicyclic) bond motifs is 3. The monoisotopic (exact) mass is 463 g/mol. The zero-order valence-corrected chi connectivity index (χ0v) is 18.3. The van der Waals surface area contributed by atoms with E-state index in [1.165, 1.54) is 24.4 Å². The summed E-state index contributed by atoms with van der Waals surface area (Å²) < 4.78 is 32.4. The number of aromatic nitrogens is 1. The van der Waals surface area contributed by atoms with E-state index in [9.17, 15) is 18.4 Å². The van der Waals surface area contributed by atoms with Crippen LogP contribution in [0, 0.1) is 17.6 Å². The van der Waals surface area contributed by atoms with E-state index in [1.54, 1.807) is 0 Å². The van der Waals surface area contributed by atoms with Crippen molar-refractivity contribution < 1.29 is 23.1 Å². The minimum absolute atomic E-state index is 0.0114. The Kier molecular flexibility index (Phi) is 6.07. The highest BCUT2D eigenvalue weighted by Gasteiger charge is 2.54. The highest BCUT2D eigenvalue weighted by molar-refractivity contribution is 6.30. The zero-order valence-electron chi connectivity index (χ0n) is 17.6. The van der Waals surface area contributed by atoms with Crippen LogP contribution in [0.3, 0.4) is 0 Å². The fraction of sp³-hybridized carbons (Fsp3) is 0.435. The van der Waals surface area contributed by atoms with Crippen LogP contribution in [0.2, 0.25) is 5.02 Å². The van der Waals surface area contributed by atoms with Crippen LogP contribution in [0.4, 0.5) is 8.78 Å². The van der Waals surface area contributed by atoms with Crippen LogP contribution < -0.4 is 15.4 Å². The van der Waals surface area contributed by atoms with Gasteiger partial charge in [0, 0.05) is 29.4 Å². The molecule has 3 fully saturated rings. The van der Waals surface area contributed by atoms with E-state index in [1.807, 2.05) is 0 Å². The molecule has 1 aromatic carbocycles. The number of carbonyl (C=O) groups excluding carboxylic acids is 2.